The molecule has 2 rings (SSSR count). The number of esters is 1. The minimum atomic E-state index is -0.758. The van der Waals surface area contributed by atoms with Crippen molar-refractivity contribution in [3.05, 3.63) is 42.2 Å². The van der Waals surface area contributed by atoms with Gasteiger partial charge in [-0.05, 0) is 18.2 Å². The number of amides is 1. The van der Waals surface area contributed by atoms with Gasteiger partial charge in [-0.15, -0.1) is 6.58 Å². The van der Waals surface area contributed by atoms with E-state index in [-0.39, 0.29) is 17.4 Å². The quantitative estimate of drug-likeness (QED) is 0.620. The molecule has 1 aliphatic rings. The fourth-order valence-electron chi connectivity index (χ4n) is 2.09. The van der Waals surface area contributed by atoms with Gasteiger partial charge in [0.1, 0.15) is 5.82 Å². The highest BCUT2D eigenvalue weighted by Gasteiger charge is 2.29. The first-order valence-corrected chi connectivity index (χ1v) is 5.87. The zero-order valence-electron chi connectivity index (χ0n) is 10.6. The fourth-order valence-corrected chi connectivity index (χ4v) is 2.09. The smallest absolute Gasteiger partial charge is 0.340 e. The van der Waals surface area contributed by atoms with E-state index in [2.05, 4.69) is 11.3 Å². The van der Waals surface area contributed by atoms with Crippen LogP contribution in [0.15, 0.2) is 30.9 Å². The molecule has 0 N–H and O–H groups in total. The predicted molar refractivity (Wildman–Crippen MR) is 68.4 cm³/mol. The van der Waals surface area contributed by atoms with E-state index in [1.165, 1.54) is 24.1 Å². The van der Waals surface area contributed by atoms with Crippen LogP contribution in [0.3, 0.4) is 0 Å². The number of ether oxygens (including phenoxy) is 1. The second-order valence-corrected chi connectivity index (χ2v) is 4.36. The standard InChI is InChI=1S/C14H14FNO3/c1-3-9-6-13(17)16(8-9)10-4-5-12(15)11(7-10)14(18)19-2/h3-5,7,9H,1,6,8H2,2H3. The summed E-state index contributed by atoms with van der Waals surface area (Å²) >= 11 is 0. The van der Waals surface area contributed by atoms with E-state index in [9.17, 15) is 14.0 Å². The molecule has 1 unspecified atom stereocenters. The monoisotopic (exact) mass is 263 g/mol. The lowest BCUT2D eigenvalue weighted by molar-refractivity contribution is -0.117. The van der Waals surface area contributed by atoms with Crippen molar-refractivity contribution in [2.75, 3.05) is 18.6 Å². The minimum Gasteiger partial charge on any atom is -0.465 e. The van der Waals surface area contributed by atoms with Crippen molar-refractivity contribution >= 4 is 17.6 Å². The van der Waals surface area contributed by atoms with Gasteiger partial charge in [-0.25, -0.2) is 9.18 Å². The molecular weight excluding hydrogens is 249 g/mol. The summed E-state index contributed by atoms with van der Waals surface area (Å²) in [7, 11) is 1.18. The van der Waals surface area contributed by atoms with Crippen LogP contribution < -0.4 is 4.90 Å². The molecule has 1 aromatic carbocycles. The molecule has 0 saturated carbocycles. The molecule has 19 heavy (non-hydrogen) atoms. The Morgan fingerprint density at radius 2 is 2.32 bits per heavy atom. The minimum absolute atomic E-state index is 0.0627. The van der Waals surface area contributed by atoms with Crippen molar-refractivity contribution in [3.63, 3.8) is 0 Å². The number of anilines is 1. The van der Waals surface area contributed by atoms with Crippen molar-refractivity contribution in [1.29, 1.82) is 0 Å². The highest BCUT2D eigenvalue weighted by molar-refractivity contribution is 5.98. The van der Waals surface area contributed by atoms with Gasteiger partial charge in [-0.3, -0.25) is 4.79 Å². The Morgan fingerprint density at radius 1 is 1.58 bits per heavy atom. The zero-order chi connectivity index (χ0) is 14.0. The molecule has 0 aliphatic carbocycles. The van der Waals surface area contributed by atoms with Gasteiger partial charge in [-0.2, -0.15) is 0 Å². The first-order valence-electron chi connectivity index (χ1n) is 5.87. The molecule has 1 heterocycles. The summed E-state index contributed by atoms with van der Waals surface area (Å²) in [6.07, 6.45) is 2.11. The van der Waals surface area contributed by atoms with Gasteiger partial charge in [0.05, 0.1) is 12.7 Å². The van der Waals surface area contributed by atoms with E-state index in [0.717, 1.165) is 6.07 Å². The maximum absolute atomic E-state index is 13.5. The molecule has 1 aliphatic heterocycles. The Hall–Kier alpha value is -2.17. The highest BCUT2D eigenvalue weighted by atomic mass is 19.1. The summed E-state index contributed by atoms with van der Waals surface area (Å²) in [5, 5.41) is 0. The van der Waals surface area contributed by atoms with Gasteiger partial charge < -0.3 is 9.64 Å². The van der Waals surface area contributed by atoms with Gasteiger partial charge >= 0.3 is 5.97 Å². The summed E-state index contributed by atoms with van der Waals surface area (Å²) in [4.78, 5) is 24.8. The van der Waals surface area contributed by atoms with Crippen molar-refractivity contribution in [3.8, 4) is 0 Å². The second kappa shape index (κ2) is 5.22. The van der Waals surface area contributed by atoms with Gasteiger partial charge in [0, 0.05) is 24.6 Å². The third-order valence-electron chi connectivity index (χ3n) is 3.16. The fraction of sp³-hybridized carbons (Fsp3) is 0.286. The van der Waals surface area contributed by atoms with Crippen LogP contribution in [-0.4, -0.2) is 25.5 Å². The molecule has 1 fully saturated rings. The maximum atomic E-state index is 13.5. The van der Waals surface area contributed by atoms with Crippen molar-refractivity contribution < 1.29 is 18.7 Å². The number of benzene rings is 1. The third kappa shape index (κ3) is 2.50. The lowest BCUT2D eigenvalue weighted by Gasteiger charge is -2.17. The number of rotatable bonds is 3. The lowest BCUT2D eigenvalue weighted by atomic mass is 10.1. The van der Waals surface area contributed by atoms with Gasteiger partial charge in [0.2, 0.25) is 5.91 Å². The SMILES string of the molecule is C=CC1CC(=O)N(c2ccc(F)c(C(=O)OC)c2)C1. The summed E-state index contributed by atoms with van der Waals surface area (Å²) in [5.74, 6) is -1.40. The molecule has 5 heteroatoms. The van der Waals surface area contributed by atoms with E-state index < -0.39 is 11.8 Å². The molecule has 100 valence electrons. The average molecular weight is 263 g/mol. The van der Waals surface area contributed by atoms with E-state index >= 15 is 0 Å². The largest absolute Gasteiger partial charge is 0.465 e. The van der Waals surface area contributed by atoms with Crippen LogP contribution in [0.25, 0.3) is 0 Å². The van der Waals surface area contributed by atoms with Crippen LogP contribution in [0, 0.1) is 11.7 Å². The summed E-state index contributed by atoms with van der Waals surface area (Å²) in [6, 6.07) is 3.98. The molecule has 4 nitrogen and oxygen atoms in total. The first-order chi connectivity index (χ1) is 9.06. The molecule has 1 saturated heterocycles. The number of halogens is 1. The summed E-state index contributed by atoms with van der Waals surface area (Å²) in [5.41, 5.74) is 0.325. The number of methoxy groups -OCH3 is 1. The molecule has 0 spiro atoms. The van der Waals surface area contributed by atoms with Crippen molar-refractivity contribution in [1.82, 2.24) is 0 Å². The van der Waals surface area contributed by atoms with Crippen LogP contribution in [0.2, 0.25) is 0 Å². The number of hydrogen-bond donors (Lipinski definition) is 0. The average Bonchev–Trinajstić information content (AvgIpc) is 2.80. The molecule has 1 atom stereocenters. The lowest BCUT2D eigenvalue weighted by Crippen LogP contribution is -2.24. The number of carbonyl (C=O) groups is 2. The normalized spacial score (nSPS) is 18.5. The Kier molecular flexibility index (Phi) is 3.64. The number of carbonyl (C=O) groups excluding carboxylic acids is 2. The molecular formula is C14H14FNO3. The summed E-state index contributed by atoms with van der Waals surface area (Å²) < 4.78 is 18.0. The molecule has 1 amide bonds. The van der Waals surface area contributed by atoms with Crippen LogP contribution in [0.5, 0.6) is 0 Å². The van der Waals surface area contributed by atoms with Crippen molar-refractivity contribution in [2.24, 2.45) is 5.92 Å². The molecule has 0 aromatic heterocycles. The molecule has 0 radical (unpaired) electrons. The van der Waals surface area contributed by atoms with Crippen LogP contribution >= 0.6 is 0 Å². The number of hydrogen-bond acceptors (Lipinski definition) is 3. The topological polar surface area (TPSA) is 46.6 Å². The molecule has 0 bridgehead atoms. The van der Waals surface area contributed by atoms with Gasteiger partial charge in [0.15, 0.2) is 0 Å². The zero-order valence-corrected chi connectivity index (χ0v) is 10.6. The predicted octanol–water partition coefficient (Wildman–Crippen LogP) is 2.15. The van der Waals surface area contributed by atoms with Crippen LogP contribution in [-0.2, 0) is 9.53 Å². The van der Waals surface area contributed by atoms with E-state index in [1.807, 2.05) is 0 Å². The Labute approximate surface area is 110 Å². The van der Waals surface area contributed by atoms with Gasteiger partial charge in [-0.1, -0.05) is 6.08 Å². The van der Waals surface area contributed by atoms with Crippen LogP contribution in [0.4, 0.5) is 10.1 Å². The Balaban J connectivity index is 2.33. The highest BCUT2D eigenvalue weighted by Crippen LogP contribution is 2.27. The van der Waals surface area contributed by atoms with E-state index in [0.29, 0.717) is 18.7 Å². The van der Waals surface area contributed by atoms with Gasteiger partial charge in [0.25, 0.3) is 0 Å². The maximum Gasteiger partial charge on any atom is 0.340 e. The number of nitrogens with zero attached hydrogens (tertiary/aromatic N) is 1. The molecule has 1 aromatic rings. The first kappa shape index (κ1) is 13.3. The third-order valence-corrected chi connectivity index (χ3v) is 3.16. The second-order valence-electron chi connectivity index (χ2n) is 4.36. The van der Waals surface area contributed by atoms with E-state index in [1.54, 1.807) is 6.08 Å². The van der Waals surface area contributed by atoms with Crippen LogP contribution in [0.1, 0.15) is 16.8 Å². The summed E-state index contributed by atoms with van der Waals surface area (Å²) in [6.45, 7) is 4.16. The van der Waals surface area contributed by atoms with E-state index in [4.69, 9.17) is 0 Å². The Bertz CT molecular complexity index is 541. The Morgan fingerprint density at radius 3 is 2.89 bits per heavy atom. The van der Waals surface area contributed by atoms with Crippen molar-refractivity contribution in [2.45, 2.75) is 6.42 Å².